The van der Waals surface area contributed by atoms with Gasteiger partial charge in [0, 0.05) is 0 Å². The highest BCUT2D eigenvalue weighted by atomic mass is 16.6. The third kappa shape index (κ3) is 0.581. The first-order valence-electron chi connectivity index (χ1n) is 4.79. The summed E-state index contributed by atoms with van der Waals surface area (Å²) in [6.07, 6.45) is 4.26. The molecule has 62 valence electrons. The number of hydrogen-bond acceptors (Lipinski definition) is 1. The van der Waals surface area contributed by atoms with E-state index in [0.29, 0.717) is 11.0 Å². The molecule has 11 heavy (non-hydrogen) atoms. The second-order valence-corrected chi connectivity index (χ2v) is 5.21. The average Bonchev–Trinajstić information content (AvgIpc) is 2.58. The van der Waals surface area contributed by atoms with Crippen LogP contribution in [0.2, 0.25) is 0 Å². The SMILES string of the molecule is CC1(C)[C@@H]2CC[C@H]1[C@]1(CO1)C2. The van der Waals surface area contributed by atoms with Crippen molar-refractivity contribution in [2.75, 3.05) is 6.61 Å². The Morgan fingerprint density at radius 2 is 2.00 bits per heavy atom. The molecule has 0 N–H and O–H groups in total. The Bertz CT molecular complexity index is 203. The lowest BCUT2D eigenvalue weighted by atomic mass is 9.80. The van der Waals surface area contributed by atoms with Crippen LogP contribution in [0.1, 0.15) is 33.1 Å². The van der Waals surface area contributed by atoms with Crippen LogP contribution in [0.4, 0.5) is 0 Å². The van der Waals surface area contributed by atoms with E-state index in [9.17, 15) is 0 Å². The lowest BCUT2D eigenvalue weighted by Crippen LogP contribution is -2.25. The van der Waals surface area contributed by atoms with E-state index in [1.807, 2.05) is 0 Å². The van der Waals surface area contributed by atoms with Crippen molar-refractivity contribution < 1.29 is 4.74 Å². The van der Waals surface area contributed by atoms with Gasteiger partial charge in [0.2, 0.25) is 0 Å². The van der Waals surface area contributed by atoms with Gasteiger partial charge in [-0.2, -0.15) is 0 Å². The Morgan fingerprint density at radius 3 is 2.27 bits per heavy atom. The maximum absolute atomic E-state index is 5.63. The van der Waals surface area contributed by atoms with Gasteiger partial charge in [0.25, 0.3) is 0 Å². The monoisotopic (exact) mass is 152 g/mol. The van der Waals surface area contributed by atoms with Crippen LogP contribution in [0, 0.1) is 17.3 Å². The fourth-order valence-corrected chi connectivity index (χ4v) is 3.67. The molecule has 0 aromatic carbocycles. The number of ether oxygens (including phenoxy) is 1. The molecule has 1 heterocycles. The van der Waals surface area contributed by atoms with Gasteiger partial charge >= 0.3 is 0 Å². The lowest BCUT2D eigenvalue weighted by molar-refractivity contribution is 0.182. The van der Waals surface area contributed by atoms with Crippen LogP contribution in [0.5, 0.6) is 0 Å². The summed E-state index contributed by atoms with van der Waals surface area (Å²) in [5, 5.41) is 0. The highest BCUT2D eigenvalue weighted by molar-refractivity contribution is 5.16. The van der Waals surface area contributed by atoms with E-state index in [4.69, 9.17) is 4.74 Å². The number of hydrogen-bond donors (Lipinski definition) is 0. The van der Waals surface area contributed by atoms with Crippen molar-refractivity contribution in [1.29, 1.82) is 0 Å². The van der Waals surface area contributed by atoms with E-state index in [1.54, 1.807) is 0 Å². The highest BCUT2D eigenvalue weighted by Gasteiger charge is 2.67. The van der Waals surface area contributed by atoms with E-state index in [2.05, 4.69) is 13.8 Å². The molecular formula is C10H16O. The topological polar surface area (TPSA) is 12.5 Å². The third-order valence-electron chi connectivity index (χ3n) is 4.50. The Labute approximate surface area is 68.1 Å². The predicted octanol–water partition coefficient (Wildman–Crippen LogP) is 2.21. The fraction of sp³-hybridized carbons (Fsp3) is 1.00. The normalized spacial score (nSPS) is 57.3. The summed E-state index contributed by atoms with van der Waals surface area (Å²) in [6, 6.07) is 0. The molecule has 1 aliphatic heterocycles. The molecule has 0 amide bonds. The van der Waals surface area contributed by atoms with Crippen molar-refractivity contribution in [3.63, 3.8) is 0 Å². The summed E-state index contributed by atoms with van der Waals surface area (Å²) >= 11 is 0. The maximum Gasteiger partial charge on any atom is 0.0952 e. The molecule has 3 aliphatic rings. The first-order chi connectivity index (χ1) is 5.15. The first-order valence-corrected chi connectivity index (χ1v) is 4.79. The van der Waals surface area contributed by atoms with Gasteiger partial charge in [0.1, 0.15) is 0 Å². The zero-order valence-electron chi connectivity index (χ0n) is 7.39. The molecule has 0 aromatic rings. The minimum Gasteiger partial charge on any atom is -0.369 e. The van der Waals surface area contributed by atoms with Crippen LogP contribution in [-0.2, 0) is 4.74 Å². The molecule has 1 heteroatoms. The quantitative estimate of drug-likeness (QED) is 0.485. The van der Waals surface area contributed by atoms with Crippen molar-refractivity contribution >= 4 is 0 Å². The van der Waals surface area contributed by atoms with Crippen molar-refractivity contribution in [1.82, 2.24) is 0 Å². The Morgan fingerprint density at radius 1 is 1.27 bits per heavy atom. The molecular weight excluding hydrogens is 136 g/mol. The number of rotatable bonds is 0. The summed E-state index contributed by atoms with van der Waals surface area (Å²) in [5.41, 5.74) is 0.989. The summed E-state index contributed by atoms with van der Waals surface area (Å²) in [4.78, 5) is 0. The van der Waals surface area contributed by atoms with E-state index in [-0.39, 0.29) is 0 Å². The molecule has 0 unspecified atom stereocenters. The van der Waals surface area contributed by atoms with Gasteiger partial charge in [-0.1, -0.05) is 13.8 Å². The molecule has 1 spiro atoms. The van der Waals surface area contributed by atoms with Crippen molar-refractivity contribution in [3.05, 3.63) is 0 Å². The second kappa shape index (κ2) is 1.52. The number of epoxide rings is 1. The van der Waals surface area contributed by atoms with Gasteiger partial charge in [-0.25, -0.2) is 0 Å². The second-order valence-electron chi connectivity index (χ2n) is 5.21. The van der Waals surface area contributed by atoms with E-state index in [0.717, 1.165) is 18.4 Å². The van der Waals surface area contributed by atoms with Crippen LogP contribution >= 0.6 is 0 Å². The van der Waals surface area contributed by atoms with Gasteiger partial charge < -0.3 is 4.74 Å². The minimum atomic E-state index is 0.395. The molecule has 0 radical (unpaired) electrons. The van der Waals surface area contributed by atoms with Gasteiger partial charge in [0.15, 0.2) is 0 Å². The first kappa shape index (κ1) is 6.47. The maximum atomic E-state index is 5.63. The molecule has 0 aromatic heterocycles. The smallest absolute Gasteiger partial charge is 0.0952 e. The molecule has 3 rings (SSSR count). The largest absolute Gasteiger partial charge is 0.369 e. The van der Waals surface area contributed by atoms with E-state index < -0.39 is 0 Å². The Balaban J connectivity index is 2.02. The predicted molar refractivity (Wildman–Crippen MR) is 43.3 cm³/mol. The van der Waals surface area contributed by atoms with E-state index in [1.165, 1.54) is 19.3 Å². The molecule has 2 aliphatic carbocycles. The molecule has 2 saturated carbocycles. The standard InChI is InChI=1S/C10H16O/c1-9(2)7-3-4-8(9)10(5-7)6-11-10/h7-8H,3-6H2,1-2H3/t7-,8-,10-/m1/s1. The van der Waals surface area contributed by atoms with E-state index >= 15 is 0 Å². The number of fused-ring (bicyclic) bond motifs is 3. The van der Waals surface area contributed by atoms with Crippen molar-refractivity contribution in [2.24, 2.45) is 17.3 Å². The summed E-state index contributed by atoms with van der Waals surface area (Å²) in [5.74, 6) is 1.86. The van der Waals surface area contributed by atoms with Crippen LogP contribution in [-0.4, -0.2) is 12.2 Å². The Kier molecular flexibility index (Phi) is 0.893. The zero-order valence-corrected chi connectivity index (χ0v) is 7.39. The van der Waals surface area contributed by atoms with Crippen LogP contribution in [0.25, 0.3) is 0 Å². The average molecular weight is 152 g/mol. The molecule has 3 atom stereocenters. The van der Waals surface area contributed by atoms with Gasteiger partial charge in [-0.15, -0.1) is 0 Å². The molecule has 3 fully saturated rings. The third-order valence-corrected chi connectivity index (χ3v) is 4.50. The fourth-order valence-electron chi connectivity index (χ4n) is 3.67. The zero-order chi connectivity index (χ0) is 7.69. The van der Waals surface area contributed by atoms with Gasteiger partial charge in [-0.05, 0) is 36.5 Å². The van der Waals surface area contributed by atoms with Gasteiger partial charge in [-0.3, -0.25) is 0 Å². The summed E-state index contributed by atoms with van der Waals surface area (Å²) in [7, 11) is 0. The molecule has 1 nitrogen and oxygen atoms in total. The Hall–Kier alpha value is -0.0400. The highest BCUT2D eigenvalue weighted by Crippen LogP contribution is 2.67. The van der Waals surface area contributed by atoms with Crippen LogP contribution in [0.15, 0.2) is 0 Å². The molecule has 2 bridgehead atoms. The van der Waals surface area contributed by atoms with Crippen LogP contribution in [0.3, 0.4) is 0 Å². The summed E-state index contributed by atoms with van der Waals surface area (Å²) < 4.78 is 5.63. The van der Waals surface area contributed by atoms with Crippen molar-refractivity contribution in [3.8, 4) is 0 Å². The minimum absolute atomic E-state index is 0.395. The lowest BCUT2D eigenvalue weighted by Gasteiger charge is -2.24. The van der Waals surface area contributed by atoms with Crippen molar-refractivity contribution in [2.45, 2.75) is 38.7 Å². The van der Waals surface area contributed by atoms with Gasteiger partial charge in [0.05, 0.1) is 12.2 Å². The van der Waals surface area contributed by atoms with Crippen LogP contribution < -0.4 is 0 Å². The summed E-state index contributed by atoms with van der Waals surface area (Å²) in [6.45, 7) is 5.94. The molecule has 1 saturated heterocycles.